The minimum Gasteiger partial charge on any atom is -0.493 e. The van der Waals surface area contributed by atoms with E-state index in [-0.39, 0.29) is 0 Å². The maximum Gasteiger partial charge on any atom is 0.160 e. The molecule has 0 fully saturated rings. The van der Waals surface area contributed by atoms with Gasteiger partial charge in [0, 0.05) is 23.8 Å². The molecule has 1 N–H and O–H groups in total. The lowest BCUT2D eigenvalue weighted by Crippen LogP contribution is -2.08. The van der Waals surface area contributed by atoms with Crippen LogP contribution in [-0.2, 0) is 13.0 Å². The number of nitrogens with one attached hydrogen (secondary N) is 1. The quantitative estimate of drug-likeness (QED) is 0.388. The minimum atomic E-state index is 0.707. The number of aryl methyl sites for hydroxylation is 1. The number of anilines is 1. The Morgan fingerprint density at radius 2 is 1.78 bits per heavy atom. The highest BCUT2D eigenvalue weighted by Crippen LogP contribution is 2.30. The molecule has 0 aliphatic rings. The summed E-state index contributed by atoms with van der Waals surface area (Å²) in [4.78, 5) is 9.13. The molecule has 6 nitrogen and oxygen atoms in total. The van der Waals surface area contributed by atoms with Gasteiger partial charge < -0.3 is 19.4 Å². The first-order valence-electron chi connectivity index (χ1n) is 10.5. The molecule has 2 aromatic heterocycles. The van der Waals surface area contributed by atoms with Crippen molar-refractivity contribution in [2.75, 3.05) is 26.1 Å². The van der Waals surface area contributed by atoms with E-state index in [1.54, 1.807) is 20.5 Å². The normalized spacial score (nSPS) is 11.0. The average molecular weight is 451 g/mol. The van der Waals surface area contributed by atoms with Crippen molar-refractivity contribution in [3.8, 4) is 11.5 Å². The van der Waals surface area contributed by atoms with Crippen LogP contribution in [0.2, 0.25) is 5.02 Å². The van der Waals surface area contributed by atoms with E-state index >= 15 is 0 Å². The van der Waals surface area contributed by atoms with Gasteiger partial charge in [-0.15, -0.1) is 0 Å². The third-order valence-electron chi connectivity index (χ3n) is 5.79. The van der Waals surface area contributed by atoms with Gasteiger partial charge in [0.05, 0.1) is 19.6 Å². The molecule has 0 saturated heterocycles. The minimum absolute atomic E-state index is 0.707. The molecular formula is C25H27ClN4O2. The van der Waals surface area contributed by atoms with E-state index in [9.17, 15) is 0 Å². The molecule has 0 unspecified atom stereocenters. The van der Waals surface area contributed by atoms with Crippen molar-refractivity contribution in [3.05, 3.63) is 76.2 Å². The lowest BCUT2D eigenvalue weighted by Gasteiger charge is -2.11. The summed E-state index contributed by atoms with van der Waals surface area (Å²) in [7, 11) is 3.29. The number of aromatic nitrogens is 3. The van der Waals surface area contributed by atoms with Crippen LogP contribution >= 0.6 is 11.6 Å². The standard InChI is InChI=1S/C25H27ClN4O2/c1-16-17(2)30(14-19-6-5-7-20(26)12-19)25-23(16)24(28-15-29-25)27-11-10-18-8-9-21(31-3)22(13-18)32-4/h5-9,12-13,15H,10-11,14H2,1-4H3,(H,27,28,29). The Hall–Kier alpha value is -3.25. The average Bonchev–Trinajstić information content (AvgIpc) is 3.04. The highest BCUT2D eigenvalue weighted by atomic mass is 35.5. The molecular weight excluding hydrogens is 424 g/mol. The van der Waals surface area contributed by atoms with E-state index in [2.05, 4.69) is 45.8 Å². The monoisotopic (exact) mass is 450 g/mol. The van der Waals surface area contributed by atoms with Crippen LogP contribution in [0.25, 0.3) is 11.0 Å². The van der Waals surface area contributed by atoms with Gasteiger partial charge in [-0.05, 0) is 61.2 Å². The molecule has 2 aromatic carbocycles. The summed E-state index contributed by atoms with van der Waals surface area (Å²) in [6.45, 7) is 5.68. The Balaban J connectivity index is 1.56. The molecule has 32 heavy (non-hydrogen) atoms. The molecule has 0 radical (unpaired) electrons. The number of rotatable bonds is 8. The molecule has 0 aliphatic heterocycles. The van der Waals surface area contributed by atoms with Gasteiger partial charge in [-0.1, -0.05) is 29.8 Å². The third kappa shape index (κ3) is 4.36. The van der Waals surface area contributed by atoms with Crippen LogP contribution in [0.4, 0.5) is 5.82 Å². The second-order valence-electron chi connectivity index (χ2n) is 7.71. The highest BCUT2D eigenvalue weighted by Gasteiger charge is 2.17. The first-order valence-corrected chi connectivity index (χ1v) is 10.9. The number of methoxy groups -OCH3 is 2. The summed E-state index contributed by atoms with van der Waals surface area (Å²) in [6, 6.07) is 13.9. The van der Waals surface area contributed by atoms with Crippen molar-refractivity contribution in [2.45, 2.75) is 26.8 Å². The Labute approximate surface area is 193 Å². The molecule has 0 amide bonds. The third-order valence-corrected chi connectivity index (χ3v) is 6.02. The van der Waals surface area contributed by atoms with Crippen LogP contribution in [0.5, 0.6) is 11.5 Å². The first kappa shape index (κ1) is 22.0. The van der Waals surface area contributed by atoms with Crippen LogP contribution < -0.4 is 14.8 Å². The first-order chi connectivity index (χ1) is 15.5. The molecule has 0 saturated carbocycles. The number of hydrogen-bond donors (Lipinski definition) is 1. The summed E-state index contributed by atoms with van der Waals surface area (Å²) in [5, 5.41) is 5.29. The number of fused-ring (bicyclic) bond motifs is 1. The van der Waals surface area contributed by atoms with E-state index in [4.69, 9.17) is 21.1 Å². The SMILES string of the molecule is COc1ccc(CCNc2ncnc3c2c(C)c(C)n3Cc2cccc(Cl)c2)cc1OC. The summed E-state index contributed by atoms with van der Waals surface area (Å²) >= 11 is 6.18. The smallest absolute Gasteiger partial charge is 0.160 e. The number of nitrogens with zero attached hydrogens (tertiary/aromatic N) is 3. The molecule has 0 bridgehead atoms. The van der Waals surface area contributed by atoms with Gasteiger partial charge in [0.1, 0.15) is 17.8 Å². The summed E-state index contributed by atoms with van der Waals surface area (Å²) in [5.41, 5.74) is 5.56. The summed E-state index contributed by atoms with van der Waals surface area (Å²) < 4.78 is 13.0. The zero-order valence-electron chi connectivity index (χ0n) is 18.8. The van der Waals surface area contributed by atoms with Gasteiger partial charge in [-0.2, -0.15) is 0 Å². The van der Waals surface area contributed by atoms with Gasteiger partial charge in [0.25, 0.3) is 0 Å². The van der Waals surface area contributed by atoms with Crippen LogP contribution in [0.1, 0.15) is 22.4 Å². The number of hydrogen-bond acceptors (Lipinski definition) is 5. The Kier molecular flexibility index (Phi) is 6.51. The number of halogens is 1. The molecule has 0 spiro atoms. The van der Waals surface area contributed by atoms with Crippen molar-refractivity contribution in [2.24, 2.45) is 0 Å². The van der Waals surface area contributed by atoms with E-state index < -0.39 is 0 Å². The van der Waals surface area contributed by atoms with Crippen molar-refractivity contribution in [3.63, 3.8) is 0 Å². The number of ether oxygens (including phenoxy) is 2. The molecule has 0 atom stereocenters. The molecule has 0 aliphatic carbocycles. The molecule has 2 heterocycles. The zero-order valence-corrected chi connectivity index (χ0v) is 19.5. The predicted octanol–water partition coefficient (Wildman–Crippen LogP) is 5.42. The Morgan fingerprint density at radius 1 is 0.969 bits per heavy atom. The van der Waals surface area contributed by atoms with E-state index in [0.717, 1.165) is 57.5 Å². The summed E-state index contributed by atoms with van der Waals surface area (Å²) in [6.07, 6.45) is 2.45. The maximum atomic E-state index is 6.18. The van der Waals surface area contributed by atoms with Crippen molar-refractivity contribution in [1.82, 2.24) is 14.5 Å². The molecule has 4 rings (SSSR count). The second kappa shape index (κ2) is 9.49. The van der Waals surface area contributed by atoms with E-state index in [0.29, 0.717) is 6.54 Å². The van der Waals surface area contributed by atoms with Gasteiger partial charge in [-0.25, -0.2) is 9.97 Å². The van der Waals surface area contributed by atoms with Crippen LogP contribution in [0.3, 0.4) is 0 Å². The van der Waals surface area contributed by atoms with Crippen molar-refractivity contribution in [1.29, 1.82) is 0 Å². The topological polar surface area (TPSA) is 61.2 Å². The zero-order chi connectivity index (χ0) is 22.7. The van der Waals surface area contributed by atoms with Crippen molar-refractivity contribution >= 4 is 28.5 Å². The van der Waals surface area contributed by atoms with Gasteiger partial charge in [-0.3, -0.25) is 0 Å². The molecule has 166 valence electrons. The fourth-order valence-electron chi connectivity index (χ4n) is 3.98. The van der Waals surface area contributed by atoms with E-state index in [1.165, 1.54) is 11.3 Å². The second-order valence-corrected chi connectivity index (χ2v) is 8.15. The predicted molar refractivity (Wildman–Crippen MR) is 129 cm³/mol. The lowest BCUT2D eigenvalue weighted by atomic mass is 10.1. The largest absolute Gasteiger partial charge is 0.493 e. The maximum absolute atomic E-state index is 6.18. The fourth-order valence-corrected chi connectivity index (χ4v) is 4.19. The van der Waals surface area contributed by atoms with Crippen molar-refractivity contribution < 1.29 is 9.47 Å². The molecule has 4 aromatic rings. The Morgan fingerprint density at radius 3 is 2.53 bits per heavy atom. The van der Waals surface area contributed by atoms with Gasteiger partial charge >= 0.3 is 0 Å². The fraction of sp³-hybridized carbons (Fsp3) is 0.280. The van der Waals surface area contributed by atoms with Crippen LogP contribution in [0.15, 0.2) is 48.8 Å². The van der Waals surface area contributed by atoms with E-state index in [1.807, 2.05) is 30.3 Å². The summed E-state index contributed by atoms with van der Waals surface area (Å²) in [5.74, 6) is 2.31. The molecule has 7 heteroatoms. The number of benzene rings is 2. The van der Waals surface area contributed by atoms with Crippen LogP contribution in [-0.4, -0.2) is 35.3 Å². The van der Waals surface area contributed by atoms with Gasteiger partial charge in [0.2, 0.25) is 0 Å². The highest BCUT2D eigenvalue weighted by molar-refractivity contribution is 6.30. The van der Waals surface area contributed by atoms with Crippen LogP contribution in [0, 0.1) is 13.8 Å². The lowest BCUT2D eigenvalue weighted by molar-refractivity contribution is 0.354. The Bertz CT molecular complexity index is 1250. The van der Waals surface area contributed by atoms with Gasteiger partial charge in [0.15, 0.2) is 11.5 Å².